The zero-order valence-electron chi connectivity index (χ0n) is 29.9. The number of benzene rings is 9. The quantitative estimate of drug-likeness (QED) is 0.172. The van der Waals surface area contributed by atoms with Crippen molar-refractivity contribution in [1.82, 2.24) is 4.57 Å². The van der Waals surface area contributed by atoms with Crippen molar-refractivity contribution in [3.63, 3.8) is 0 Å². The Morgan fingerprint density at radius 1 is 0.345 bits per heavy atom. The Kier molecular flexibility index (Phi) is 7.17. The van der Waals surface area contributed by atoms with Crippen LogP contribution in [0.15, 0.2) is 211 Å². The fourth-order valence-electron chi connectivity index (χ4n) is 8.39. The van der Waals surface area contributed by atoms with Crippen LogP contribution < -0.4 is 4.90 Å². The summed E-state index contributed by atoms with van der Waals surface area (Å²) in [5.41, 5.74) is 13.3. The minimum atomic E-state index is 0.880. The second-order valence-corrected chi connectivity index (χ2v) is 14.2. The van der Waals surface area contributed by atoms with Crippen molar-refractivity contribution in [1.29, 1.82) is 0 Å². The molecule has 0 aliphatic rings. The molecule has 0 N–H and O–H groups in total. The van der Waals surface area contributed by atoms with Gasteiger partial charge in [-0.05, 0) is 112 Å². The molecule has 0 saturated heterocycles. The van der Waals surface area contributed by atoms with E-state index in [0.717, 1.165) is 44.7 Å². The van der Waals surface area contributed by atoms with Gasteiger partial charge in [0.05, 0.1) is 11.0 Å². The first-order valence-electron chi connectivity index (χ1n) is 18.8. The van der Waals surface area contributed by atoms with Gasteiger partial charge in [0.15, 0.2) is 0 Å². The van der Waals surface area contributed by atoms with Crippen LogP contribution in [0, 0.1) is 0 Å². The molecule has 2 heterocycles. The molecule has 0 fully saturated rings. The maximum Gasteiger partial charge on any atom is 0.136 e. The summed E-state index contributed by atoms with van der Waals surface area (Å²) in [5, 5.41) is 7.07. The van der Waals surface area contributed by atoms with Crippen LogP contribution in [0.4, 0.5) is 17.1 Å². The Balaban J connectivity index is 1.10. The summed E-state index contributed by atoms with van der Waals surface area (Å²) in [6, 6.07) is 74.0. The molecule has 0 bridgehead atoms. The zero-order chi connectivity index (χ0) is 36.3. The van der Waals surface area contributed by atoms with E-state index in [-0.39, 0.29) is 0 Å². The lowest BCUT2D eigenvalue weighted by Crippen LogP contribution is -2.10. The fraction of sp³-hybridized carbons (Fsp3) is 0. The largest absolute Gasteiger partial charge is 0.456 e. The molecule has 11 rings (SSSR count). The van der Waals surface area contributed by atoms with Crippen LogP contribution >= 0.6 is 0 Å². The van der Waals surface area contributed by atoms with Crippen LogP contribution in [0.3, 0.4) is 0 Å². The highest BCUT2D eigenvalue weighted by atomic mass is 16.3. The van der Waals surface area contributed by atoms with Crippen LogP contribution in [0.2, 0.25) is 0 Å². The van der Waals surface area contributed by atoms with E-state index in [1.165, 1.54) is 54.8 Å². The van der Waals surface area contributed by atoms with Gasteiger partial charge in [0.1, 0.15) is 11.2 Å². The minimum absolute atomic E-state index is 0.880. The summed E-state index contributed by atoms with van der Waals surface area (Å²) >= 11 is 0. The number of hydrogen-bond donors (Lipinski definition) is 0. The van der Waals surface area contributed by atoms with Gasteiger partial charge in [-0.25, -0.2) is 0 Å². The van der Waals surface area contributed by atoms with Crippen LogP contribution in [-0.4, -0.2) is 4.57 Å². The molecule has 11 aromatic rings. The number of aromatic nitrogens is 1. The number of hydrogen-bond acceptors (Lipinski definition) is 2. The van der Waals surface area contributed by atoms with Gasteiger partial charge in [-0.2, -0.15) is 0 Å². The molecular formula is C52H34N2O. The van der Waals surface area contributed by atoms with Crippen LogP contribution in [-0.2, 0) is 0 Å². The number of anilines is 3. The van der Waals surface area contributed by atoms with Crippen molar-refractivity contribution in [3.05, 3.63) is 206 Å². The maximum absolute atomic E-state index is 6.44. The Labute approximate surface area is 318 Å². The van der Waals surface area contributed by atoms with Crippen LogP contribution in [0.1, 0.15) is 0 Å². The van der Waals surface area contributed by atoms with Crippen molar-refractivity contribution in [2.45, 2.75) is 0 Å². The molecule has 258 valence electrons. The molecule has 0 aliphatic carbocycles. The number of furan rings is 1. The molecule has 3 nitrogen and oxygen atoms in total. The van der Waals surface area contributed by atoms with E-state index in [4.69, 9.17) is 4.42 Å². The predicted molar refractivity (Wildman–Crippen MR) is 231 cm³/mol. The molecule has 0 atom stereocenters. The van der Waals surface area contributed by atoms with Gasteiger partial charge in [0, 0.05) is 44.3 Å². The maximum atomic E-state index is 6.44. The third-order valence-corrected chi connectivity index (χ3v) is 11.0. The molecule has 9 aromatic carbocycles. The highest BCUT2D eigenvalue weighted by Crippen LogP contribution is 2.43. The molecule has 55 heavy (non-hydrogen) atoms. The Morgan fingerprint density at radius 3 is 1.73 bits per heavy atom. The van der Waals surface area contributed by atoms with Gasteiger partial charge < -0.3 is 13.9 Å². The average molecular weight is 703 g/mol. The summed E-state index contributed by atoms with van der Waals surface area (Å²) in [6.45, 7) is 0. The summed E-state index contributed by atoms with van der Waals surface area (Å²) in [5.74, 6) is 0. The van der Waals surface area contributed by atoms with Gasteiger partial charge in [-0.3, -0.25) is 0 Å². The third kappa shape index (κ3) is 5.20. The minimum Gasteiger partial charge on any atom is -0.456 e. The summed E-state index contributed by atoms with van der Waals surface area (Å²) in [4.78, 5) is 2.38. The van der Waals surface area contributed by atoms with E-state index in [2.05, 4.69) is 216 Å². The van der Waals surface area contributed by atoms with Crippen molar-refractivity contribution in [2.24, 2.45) is 0 Å². The van der Waals surface area contributed by atoms with E-state index in [9.17, 15) is 0 Å². The second kappa shape index (κ2) is 12.6. The average Bonchev–Trinajstić information content (AvgIpc) is 3.80. The van der Waals surface area contributed by atoms with E-state index in [1.807, 2.05) is 0 Å². The van der Waals surface area contributed by atoms with Crippen LogP contribution in [0.5, 0.6) is 0 Å². The van der Waals surface area contributed by atoms with Gasteiger partial charge in [-0.1, -0.05) is 127 Å². The highest BCUT2D eigenvalue weighted by Gasteiger charge is 2.20. The first-order valence-corrected chi connectivity index (χ1v) is 18.8. The zero-order valence-corrected chi connectivity index (χ0v) is 29.9. The van der Waals surface area contributed by atoms with E-state index in [1.54, 1.807) is 0 Å². The van der Waals surface area contributed by atoms with E-state index >= 15 is 0 Å². The Morgan fingerprint density at radius 2 is 0.927 bits per heavy atom. The van der Waals surface area contributed by atoms with Gasteiger partial charge in [-0.15, -0.1) is 0 Å². The van der Waals surface area contributed by atoms with Gasteiger partial charge >= 0.3 is 0 Å². The monoisotopic (exact) mass is 702 g/mol. The van der Waals surface area contributed by atoms with E-state index in [0.29, 0.717) is 0 Å². The molecule has 0 unspecified atom stereocenters. The van der Waals surface area contributed by atoms with Crippen molar-refractivity contribution < 1.29 is 4.42 Å². The normalized spacial score (nSPS) is 11.6. The lowest BCUT2D eigenvalue weighted by atomic mass is 9.99. The number of rotatable bonds is 6. The number of nitrogens with zero attached hydrogens (tertiary/aromatic N) is 2. The predicted octanol–water partition coefficient (Wildman–Crippen LogP) is 14.6. The summed E-state index contributed by atoms with van der Waals surface area (Å²) < 4.78 is 8.81. The molecule has 0 radical (unpaired) electrons. The molecular weight excluding hydrogens is 669 g/mol. The van der Waals surface area contributed by atoms with Crippen molar-refractivity contribution in [3.8, 4) is 27.9 Å². The Hall–Kier alpha value is -7.36. The summed E-state index contributed by atoms with van der Waals surface area (Å²) in [7, 11) is 0. The first-order chi connectivity index (χ1) is 27.3. The smallest absolute Gasteiger partial charge is 0.136 e. The highest BCUT2D eigenvalue weighted by molar-refractivity contribution is 6.19. The SMILES string of the molecule is c1ccc(-c2cccc(-c3ccc(N(c4ccc5oc6ccc7ccccc7c6c5c4)c4ccc5c(c4)c4ccccc4n5-c4ccccc4)cc3)c2)cc1. The fourth-order valence-corrected chi connectivity index (χ4v) is 8.39. The summed E-state index contributed by atoms with van der Waals surface area (Å²) in [6.07, 6.45) is 0. The van der Waals surface area contributed by atoms with Gasteiger partial charge in [0.25, 0.3) is 0 Å². The number of fused-ring (bicyclic) bond motifs is 8. The molecule has 3 heteroatoms. The lowest BCUT2D eigenvalue weighted by molar-refractivity contribution is 0.669. The Bertz CT molecular complexity index is 3190. The van der Waals surface area contributed by atoms with Gasteiger partial charge in [0.2, 0.25) is 0 Å². The lowest BCUT2D eigenvalue weighted by Gasteiger charge is -2.26. The number of para-hydroxylation sites is 2. The van der Waals surface area contributed by atoms with E-state index < -0.39 is 0 Å². The molecule has 2 aromatic heterocycles. The standard InChI is InChI=1S/C52H34N2O/c1-3-12-35(13-4-1)38-15-11-16-39(32-38)36-22-25-41(26-23-36)53(43-28-31-50-47(34-43)52-44-19-8-7-14-37(44)24-30-51(52)55-50)42-27-29-49-46(33-42)45-20-9-10-21-48(45)54(49)40-17-5-2-6-18-40/h1-34H. The topological polar surface area (TPSA) is 21.3 Å². The molecule has 0 aliphatic heterocycles. The second-order valence-electron chi connectivity index (χ2n) is 14.2. The molecule has 0 amide bonds. The van der Waals surface area contributed by atoms with Crippen LogP contribution in [0.25, 0.3) is 82.5 Å². The molecule has 0 spiro atoms. The van der Waals surface area contributed by atoms with Crippen molar-refractivity contribution in [2.75, 3.05) is 4.90 Å². The first kappa shape index (κ1) is 31.2. The van der Waals surface area contributed by atoms with Crippen molar-refractivity contribution >= 4 is 71.6 Å². The molecule has 0 saturated carbocycles. The third-order valence-electron chi connectivity index (χ3n) is 11.0.